The summed E-state index contributed by atoms with van der Waals surface area (Å²) in [4.78, 5) is 0. The molecule has 0 heteroatoms. The summed E-state index contributed by atoms with van der Waals surface area (Å²) >= 11 is 0. The summed E-state index contributed by atoms with van der Waals surface area (Å²) < 4.78 is 0. The molecule has 5 aliphatic rings. The minimum atomic E-state index is -0.409. The summed E-state index contributed by atoms with van der Waals surface area (Å²) in [5, 5.41) is 0. The van der Waals surface area contributed by atoms with Gasteiger partial charge in [0.15, 0.2) is 0 Å². The molecule has 0 aliphatic heterocycles. The molecular formula is C83H58. The summed E-state index contributed by atoms with van der Waals surface area (Å²) in [5.41, 5.74) is 29.8. The van der Waals surface area contributed by atoms with Gasteiger partial charge < -0.3 is 0 Å². The van der Waals surface area contributed by atoms with Gasteiger partial charge in [0.2, 0.25) is 0 Å². The van der Waals surface area contributed by atoms with E-state index in [1.807, 2.05) is 0 Å². The van der Waals surface area contributed by atoms with E-state index in [-0.39, 0.29) is 28.6 Å². The van der Waals surface area contributed by atoms with E-state index in [2.05, 4.69) is 322 Å². The lowest BCUT2D eigenvalue weighted by atomic mass is 9.57. The molecule has 5 unspecified atom stereocenters. The van der Waals surface area contributed by atoms with Gasteiger partial charge >= 0.3 is 0 Å². The normalized spacial score (nSPS) is 19.9. The molecule has 0 bridgehead atoms. The van der Waals surface area contributed by atoms with Crippen LogP contribution in [0.5, 0.6) is 0 Å². The molecule has 0 amide bonds. The molecule has 5 atom stereocenters. The van der Waals surface area contributed by atoms with Gasteiger partial charge in [-0.15, -0.1) is 0 Å². The van der Waals surface area contributed by atoms with E-state index < -0.39 is 5.41 Å². The van der Waals surface area contributed by atoms with Gasteiger partial charge in [0, 0.05) is 28.6 Å². The summed E-state index contributed by atoms with van der Waals surface area (Å²) in [5.74, 6) is 0.128. The third-order valence-electron chi connectivity index (χ3n) is 20.0. The van der Waals surface area contributed by atoms with Crippen LogP contribution >= 0.6 is 0 Å². The maximum atomic E-state index is 2.61. The summed E-state index contributed by atoms with van der Waals surface area (Å²) in [6, 6.07) is 115. The number of fused-ring (bicyclic) bond motifs is 7. The molecule has 12 aromatic rings. The summed E-state index contributed by atoms with van der Waals surface area (Å²) in [6.45, 7) is 0. The van der Waals surface area contributed by atoms with Crippen LogP contribution in [0.25, 0.3) is 50.1 Å². The zero-order chi connectivity index (χ0) is 54.7. The Morgan fingerprint density at radius 2 is 0.759 bits per heavy atom. The van der Waals surface area contributed by atoms with Gasteiger partial charge in [0.25, 0.3) is 0 Å². The zero-order valence-corrected chi connectivity index (χ0v) is 46.0. The maximum absolute atomic E-state index is 2.61. The number of hydrogen-bond donors (Lipinski definition) is 0. The molecule has 5 aliphatic carbocycles. The van der Waals surface area contributed by atoms with E-state index >= 15 is 0 Å². The third-order valence-corrected chi connectivity index (χ3v) is 20.0. The van der Waals surface area contributed by atoms with Crippen molar-refractivity contribution in [1.29, 1.82) is 0 Å². The number of hydrogen-bond acceptors (Lipinski definition) is 0. The zero-order valence-electron chi connectivity index (χ0n) is 46.0. The maximum Gasteiger partial charge on any atom is 0.0562 e. The van der Waals surface area contributed by atoms with Crippen LogP contribution in [0.15, 0.2) is 322 Å². The largest absolute Gasteiger partial charge is 0.0729 e. The van der Waals surface area contributed by atoms with Crippen molar-refractivity contribution in [2.75, 3.05) is 0 Å². The van der Waals surface area contributed by atoms with Gasteiger partial charge in [-0.2, -0.15) is 0 Å². The molecule has 0 radical (unpaired) electrons. The van der Waals surface area contributed by atoms with Crippen LogP contribution in [-0.4, -0.2) is 0 Å². The van der Waals surface area contributed by atoms with Crippen molar-refractivity contribution in [1.82, 2.24) is 0 Å². The van der Waals surface area contributed by atoms with Crippen molar-refractivity contribution in [3.63, 3.8) is 0 Å². The SMILES string of the molecule is C1=CC23CC2(C(c2ccc4c(c2)C(c2ccc(-c5ccccc5)cc2)c2cc(C5c6ccccc6-c6ccc(C(c7ccccc7)c7ccc(-c8ccccc8)cc7)cc65)ccc2-4)=C1)C(c1ccccc1)(c1ccccc1)c1ccccc13. The lowest BCUT2D eigenvalue weighted by molar-refractivity contribution is 0.438. The van der Waals surface area contributed by atoms with E-state index in [0.29, 0.717) is 0 Å². The predicted octanol–water partition coefficient (Wildman–Crippen LogP) is 20.2. The van der Waals surface area contributed by atoms with Gasteiger partial charge in [-0.05, 0) is 140 Å². The highest BCUT2D eigenvalue weighted by Gasteiger charge is 2.83. The Morgan fingerprint density at radius 3 is 1.42 bits per heavy atom. The fraction of sp³-hybridized carbons (Fsp3) is 0.0843. The highest BCUT2D eigenvalue weighted by Crippen LogP contribution is 2.86. The molecule has 83 heavy (non-hydrogen) atoms. The molecule has 17 rings (SSSR count). The highest BCUT2D eigenvalue weighted by atomic mass is 14.8. The number of rotatable bonds is 10. The number of allylic oxidation sites excluding steroid dienone is 4. The first-order valence-corrected chi connectivity index (χ1v) is 29.6. The molecule has 0 nitrogen and oxygen atoms in total. The minimum Gasteiger partial charge on any atom is -0.0729 e. The smallest absolute Gasteiger partial charge is 0.0562 e. The molecule has 12 aromatic carbocycles. The molecule has 0 heterocycles. The Kier molecular flexibility index (Phi) is 10.7. The predicted molar refractivity (Wildman–Crippen MR) is 342 cm³/mol. The van der Waals surface area contributed by atoms with Crippen LogP contribution in [0.2, 0.25) is 0 Å². The van der Waals surface area contributed by atoms with Crippen molar-refractivity contribution in [3.05, 3.63) is 399 Å². The summed E-state index contributed by atoms with van der Waals surface area (Å²) in [7, 11) is 0. The van der Waals surface area contributed by atoms with E-state index in [1.54, 1.807) is 0 Å². The van der Waals surface area contributed by atoms with E-state index in [0.717, 1.165) is 6.42 Å². The molecule has 1 saturated carbocycles. The Balaban J connectivity index is 0.818. The molecule has 0 aromatic heterocycles. The fourth-order valence-corrected chi connectivity index (χ4v) is 16.5. The van der Waals surface area contributed by atoms with Crippen molar-refractivity contribution >= 4 is 5.57 Å². The molecule has 0 spiro atoms. The van der Waals surface area contributed by atoms with Crippen LogP contribution in [0, 0.1) is 5.41 Å². The van der Waals surface area contributed by atoms with Crippen molar-refractivity contribution in [2.24, 2.45) is 5.41 Å². The fourth-order valence-electron chi connectivity index (χ4n) is 16.5. The highest BCUT2D eigenvalue weighted by molar-refractivity contribution is 5.92. The van der Waals surface area contributed by atoms with E-state index in [1.165, 1.54) is 128 Å². The van der Waals surface area contributed by atoms with Gasteiger partial charge in [0.05, 0.1) is 5.41 Å². The lowest BCUT2D eigenvalue weighted by Gasteiger charge is -2.43. The van der Waals surface area contributed by atoms with Gasteiger partial charge in [-0.1, -0.05) is 315 Å². The second-order valence-corrected chi connectivity index (χ2v) is 23.8. The lowest BCUT2D eigenvalue weighted by Crippen LogP contribution is -2.40. The molecule has 0 N–H and O–H groups in total. The first-order valence-electron chi connectivity index (χ1n) is 29.6. The average Bonchev–Trinajstić information content (AvgIpc) is 1.45. The standard InChI is InChI=1S/C83H58/c1-6-21-55(22-7-1)57-36-40-60(41-37-57)78(59-25-10-3-11-26-59)63-45-48-68-67-31-16-17-32-71(67)80(74(68)52-63)64-46-49-70-69-47-44-62(51-72(69)79(73(70)53-64)61-42-38-58(39-43-61)56-23-8-2-9-24-56)75-35-20-50-81-54-82(75,81)83(65-27-12-4-13-28-65,66-29-14-5-15-30-66)77-34-19-18-33-76(77)81/h1-53,78-80H,54H2. The van der Waals surface area contributed by atoms with E-state index in [4.69, 9.17) is 0 Å². The molecular weight excluding hydrogens is 997 g/mol. The van der Waals surface area contributed by atoms with E-state index in [9.17, 15) is 0 Å². The van der Waals surface area contributed by atoms with Gasteiger partial charge in [-0.25, -0.2) is 0 Å². The van der Waals surface area contributed by atoms with Crippen molar-refractivity contribution < 1.29 is 0 Å². The summed E-state index contributed by atoms with van der Waals surface area (Å²) in [6.07, 6.45) is 8.46. The van der Waals surface area contributed by atoms with Crippen LogP contribution < -0.4 is 0 Å². The topological polar surface area (TPSA) is 0 Å². The van der Waals surface area contributed by atoms with Gasteiger partial charge in [-0.3, -0.25) is 0 Å². The van der Waals surface area contributed by atoms with Crippen LogP contribution in [0.4, 0.5) is 0 Å². The van der Waals surface area contributed by atoms with Crippen LogP contribution in [-0.2, 0) is 10.8 Å². The Labute approximate surface area is 487 Å². The Bertz CT molecular complexity index is 4510. The number of benzene rings is 12. The average molecular weight is 1060 g/mol. The Hall–Kier alpha value is -9.88. The third kappa shape index (κ3) is 6.94. The monoisotopic (exact) mass is 1050 g/mol. The second-order valence-electron chi connectivity index (χ2n) is 23.8. The first-order chi connectivity index (χ1) is 41.1. The molecule has 390 valence electrons. The Morgan fingerprint density at radius 1 is 0.313 bits per heavy atom. The van der Waals surface area contributed by atoms with Crippen molar-refractivity contribution in [2.45, 2.75) is 35.0 Å². The van der Waals surface area contributed by atoms with Crippen LogP contribution in [0.3, 0.4) is 0 Å². The minimum absolute atomic E-state index is 0.0171. The van der Waals surface area contributed by atoms with Gasteiger partial charge in [0.1, 0.15) is 0 Å². The molecule has 1 fully saturated rings. The van der Waals surface area contributed by atoms with Crippen molar-refractivity contribution in [3.8, 4) is 44.5 Å². The first kappa shape index (κ1) is 47.9. The molecule has 0 saturated heterocycles. The second kappa shape index (κ2) is 18.6. The quantitative estimate of drug-likeness (QED) is 0.120. The van der Waals surface area contributed by atoms with Crippen LogP contribution in [0.1, 0.15) is 102 Å².